The van der Waals surface area contributed by atoms with Gasteiger partial charge in [-0.1, -0.05) is 23.2 Å². The van der Waals surface area contributed by atoms with Crippen molar-refractivity contribution < 1.29 is 19.2 Å². The molecule has 2 N–H and O–H groups in total. The van der Waals surface area contributed by atoms with Gasteiger partial charge in [0, 0.05) is 10.6 Å². The van der Waals surface area contributed by atoms with Gasteiger partial charge in [0.15, 0.2) is 18.0 Å². The summed E-state index contributed by atoms with van der Waals surface area (Å²) in [6.45, 7) is 0.953. The van der Waals surface area contributed by atoms with Crippen LogP contribution < -0.4 is 19.7 Å². The van der Waals surface area contributed by atoms with Crippen LogP contribution in [0.25, 0.3) is 0 Å². The number of hydrogen-bond acceptors (Lipinski definition) is 3. The molecule has 0 heterocycles. The van der Waals surface area contributed by atoms with E-state index in [1.807, 2.05) is 25.2 Å². The van der Waals surface area contributed by atoms with Crippen LogP contribution in [0.2, 0.25) is 10.0 Å². The van der Waals surface area contributed by atoms with E-state index in [2.05, 4.69) is 5.32 Å². The van der Waals surface area contributed by atoms with Crippen molar-refractivity contribution in [1.82, 2.24) is 0 Å². The fourth-order valence-corrected chi connectivity index (χ4v) is 2.80. The van der Waals surface area contributed by atoms with E-state index in [9.17, 15) is 4.79 Å². The lowest BCUT2D eigenvalue weighted by atomic mass is 10.2. The molecule has 0 aliphatic carbocycles. The van der Waals surface area contributed by atoms with Gasteiger partial charge in [0.05, 0.1) is 32.0 Å². The van der Waals surface area contributed by atoms with Gasteiger partial charge in [-0.15, -0.1) is 0 Å². The Hall–Kier alpha value is -1.95. The molecule has 2 aromatic rings. The quantitative estimate of drug-likeness (QED) is 0.772. The Morgan fingerprint density at radius 1 is 1.08 bits per heavy atom. The molecular weight excluding hydrogens is 363 g/mol. The summed E-state index contributed by atoms with van der Waals surface area (Å²) < 4.78 is 10.5. The molecule has 0 radical (unpaired) electrons. The minimum absolute atomic E-state index is 0.137. The Kier molecular flexibility index (Phi) is 6.93. The molecule has 2 rings (SSSR count). The lowest BCUT2D eigenvalue weighted by molar-refractivity contribution is -0.885. The molecule has 1 atom stereocenters. The SMILES string of the molecule is COc1ccc(C[NH+](C)CC(=O)Nc2cc(Cl)ccc2Cl)cc1OC. The fourth-order valence-electron chi connectivity index (χ4n) is 2.46. The first kappa shape index (κ1) is 19.4. The van der Waals surface area contributed by atoms with Crippen LogP contribution in [0.4, 0.5) is 5.69 Å². The molecule has 7 heteroatoms. The third kappa shape index (κ3) is 5.53. The van der Waals surface area contributed by atoms with Gasteiger partial charge in [0.2, 0.25) is 0 Å². The topological polar surface area (TPSA) is 52.0 Å². The summed E-state index contributed by atoms with van der Waals surface area (Å²) >= 11 is 12.0. The van der Waals surface area contributed by atoms with E-state index in [0.717, 1.165) is 10.5 Å². The van der Waals surface area contributed by atoms with Gasteiger partial charge in [0.1, 0.15) is 6.54 Å². The minimum Gasteiger partial charge on any atom is -0.493 e. The molecule has 0 spiro atoms. The van der Waals surface area contributed by atoms with Crippen molar-refractivity contribution in [2.45, 2.75) is 6.54 Å². The van der Waals surface area contributed by atoms with Gasteiger partial charge >= 0.3 is 0 Å². The van der Waals surface area contributed by atoms with Crippen molar-refractivity contribution in [2.24, 2.45) is 0 Å². The number of quaternary nitrogens is 1. The van der Waals surface area contributed by atoms with E-state index in [1.165, 1.54) is 0 Å². The molecule has 1 unspecified atom stereocenters. The number of ether oxygens (including phenoxy) is 2. The summed E-state index contributed by atoms with van der Waals surface area (Å²) in [5.41, 5.74) is 1.56. The fraction of sp³-hybridized carbons (Fsp3) is 0.278. The number of anilines is 1. The number of amides is 1. The smallest absolute Gasteiger partial charge is 0.279 e. The summed E-state index contributed by atoms with van der Waals surface area (Å²) in [7, 11) is 5.14. The van der Waals surface area contributed by atoms with Crippen LogP contribution in [0.5, 0.6) is 11.5 Å². The predicted octanol–water partition coefficient (Wildman–Crippen LogP) is 2.66. The second-order valence-corrected chi connectivity index (χ2v) is 6.52. The van der Waals surface area contributed by atoms with Crippen molar-refractivity contribution in [1.29, 1.82) is 0 Å². The number of likely N-dealkylation sites (N-methyl/N-ethyl adjacent to an activating group) is 1. The zero-order chi connectivity index (χ0) is 18.4. The molecule has 0 aliphatic rings. The van der Waals surface area contributed by atoms with Crippen molar-refractivity contribution in [3.05, 3.63) is 52.0 Å². The number of rotatable bonds is 7. The molecule has 0 saturated heterocycles. The zero-order valence-electron chi connectivity index (χ0n) is 14.4. The number of hydrogen-bond donors (Lipinski definition) is 2. The van der Waals surface area contributed by atoms with Crippen LogP contribution in [-0.4, -0.2) is 33.7 Å². The Balaban J connectivity index is 1.96. The van der Waals surface area contributed by atoms with Crippen molar-refractivity contribution >= 4 is 34.8 Å². The summed E-state index contributed by atoms with van der Waals surface area (Å²) in [6, 6.07) is 10.7. The Bertz CT molecular complexity index is 753. The number of halogens is 2. The van der Waals surface area contributed by atoms with E-state index >= 15 is 0 Å². The lowest BCUT2D eigenvalue weighted by Gasteiger charge is -2.15. The van der Waals surface area contributed by atoms with Crippen LogP contribution in [0, 0.1) is 0 Å². The molecule has 1 amide bonds. The molecule has 2 aromatic carbocycles. The largest absolute Gasteiger partial charge is 0.493 e. The van der Waals surface area contributed by atoms with E-state index < -0.39 is 0 Å². The van der Waals surface area contributed by atoms with Crippen molar-refractivity contribution in [3.8, 4) is 11.5 Å². The molecule has 0 aliphatic heterocycles. The van der Waals surface area contributed by atoms with Gasteiger partial charge in [-0.25, -0.2) is 0 Å². The second kappa shape index (κ2) is 8.94. The lowest BCUT2D eigenvalue weighted by Crippen LogP contribution is -3.08. The molecule has 0 aromatic heterocycles. The number of nitrogens with one attached hydrogen (secondary N) is 2. The first-order valence-electron chi connectivity index (χ1n) is 7.70. The predicted molar refractivity (Wildman–Crippen MR) is 100 cm³/mol. The van der Waals surface area contributed by atoms with Crippen LogP contribution in [0.3, 0.4) is 0 Å². The highest BCUT2D eigenvalue weighted by molar-refractivity contribution is 6.35. The molecule has 5 nitrogen and oxygen atoms in total. The molecule has 0 fully saturated rings. The highest BCUT2D eigenvalue weighted by atomic mass is 35.5. The maximum atomic E-state index is 12.2. The Labute approximate surface area is 157 Å². The van der Waals surface area contributed by atoms with Crippen LogP contribution >= 0.6 is 23.2 Å². The van der Waals surface area contributed by atoms with Crippen LogP contribution in [0.1, 0.15) is 5.56 Å². The third-order valence-electron chi connectivity index (χ3n) is 3.62. The summed E-state index contributed by atoms with van der Waals surface area (Å²) in [6.07, 6.45) is 0. The Morgan fingerprint density at radius 3 is 2.48 bits per heavy atom. The highest BCUT2D eigenvalue weighted by Gasteiger charge is 2.14. The van der Waals surface area contributed by atoms with Gasteiger partial charge in [-0.05, 0) is 36.4 Å². The van der Waals surface area contributed by atoms with E-state index in [-0.39, 0.29) is 12.5 Å². The average Bonchev–Trinajstić information content (AvgIpc) is 2.57. The standard InChI is InChI=1S/C18H20Cl2N2O3/c1-22(10-12-4-7-16(24-2)17(8-12)25-3)11-18(23)21-15-9-13(19)5-6-14(15)20/h4-9H,10-11H2,1-3H3,(H,21,23)/p+1. The normalized spacial score (nSPS) is 11.7. The molecular formula is C18H21Cl2N2O3+. The third-order valence-corrected chi connectivity index (χ3v) is 4.18. The first-order valence-corrected chi connectivity index (χ1v) is 8.45. The summed E-state index contributed by atoms with van der Waals surface area (Å²) in [4.78, 5) is 13.2. The second-order valence-electron chi connectivity index (χ2n) is 5.67. The molecule has 134 valence electrons. The maximum Gasteiger partial charge on any atom is 0.279 e. The van der Waals surface area contributed by atoms with Gasteiger partial charge in [-0.3, -0.25) is 4.79 Å². The van der Waals surface area contributed by atoms with E-state index in [4.69, 9.17) is 32.7 Å². The molecule has 0 saturated carbocycles. The number of carbonyl (C=O) groups excluding carboxylic acids is 1. The Morgan fingerprint density at radius 2 is 1.80 bits per heavy atom. The molecule has 0 bridgehead atoms. The summed E-state index contributed by atoms with van der Waals surface area (Å²) in [5, 5.41) is 3.76. The van der Waals surface area contributed by atoms with Crippen molar-refractivity contribution in [3.63, 3.8) is 0 Å². The van der Waals surface area contributed by atoms with Gasteiger partial charge < -0.3 is 19.7 Å². The van der Waals surface area contributed by atoms with Crippen LogP contribution in [0.15, 0.2) is 36.4 Å². The van der Waals surface area contributed by atoms with Gasteiger partial charge in [0.25, 0.3) is 5.91 Å². The zero-order valence-corrected chi connectivity index (χ0v) is 15.9. The number of benzene rings is 2. The first-order chi connectivity index (χ1) is 11.9. The van der Waals surface area contributed by atoms with Crippen molar-refractivity contribution in [2.75, 3.05) is 33.1 Å². The van der Waals surface area contributed by atoms with E-state index in [1.54, 1.807) is 32.4 Å². The van der Waals surface area contributed by atoms with Gasteiger partial charge in [-0.2, -0.15) is 0 Å². The van der Waals surface area contributed by atoms with Crippen LogP contribution in [-0.2, 0) is 11.3 Å². The van der Waals surface area contributed by atoms with E-state index in [0.29, 0.717) is 33.8 Å². The monoisotopic (exact) mass is 383 g/mol. The summed E-state index contributed by atoms with van der Waals surface area (Å²) in [5.74, 6) is 1.21. The number of methoxy groups -OCH3 is 2. The minimum atomic E-state index is -0.137. The number of carbonyl (C=O) groups is 1. The highest BCUT2D eigenvalue weighted by Crippen LogP contribution is 2.27. The maximum absolute atomic E-state index is 12.2. The molecule has 25 heavy (non-hydrogen) atoms. The average molecular weight is 384 g/mol.